The molecule has 0 bridgehead atoms. The van der Waals surface area contributed by atoms with Crippen molar-refractivity contribution >= 4 is 12.0 Å². The van der Waals surface area contributed by atoms with Crippen LogP contribution in [0, 0.1) is 0 Å². The Balaban J connectivity index is 1.53. The van der Waals surface area contributed by atoms with Gasteiger partial charge in [-0.15, -0.1) is 0 Å². The molecule has 2 aliphatic heterocycles. The molecule has 8 nitrogen and oxygen atoms in total. The first-order valence-electron chi connectivity index (χ1n) is 8.81. The lowest BCUT2D eigenvalue weighted by atomic mass is 10.1. The van der Waals surface area contributed by atoms with Crippen LogP contribution < -0.4 is 10.1 Å². The Bertz CT molecular complexity index is 633. The number of hydrogen-bond donors (Lipinski definition) is 1. The highest BCUT2D eigenvalue weighted by Crippen LogP contribution is 2.19. The van der Waals surface area contributed by atoms with Crippen LogP contribution in [-0.4, -0.2) is 81.0 Å². The van der Waals surface area contributed by atoms with E-state index in [0.29, 0.717) is 18.8 Å². The number of nitrogens with zero attached hydrogens (tertiary/aromatic N) is 2. The molecular formula is C18H25N3O5. The third kappa shape index (κ3) is 4.64. The normalized spacial score (nSPS) is 20.7. The number of cyclic esters (lactones) is 1. The van der Waals surface area contributed by atoms with Gasteiger partial charge in [-0.1, -0.05) is 12.1 Å². The predicted molar refractivity (Wildman–Crippen MR) is 93.9 cm³/mol. The molecule has 1 atom stereocenters. The number of amides is 2. The summed E-state index contributed by atoms with van der Waals surface area (Å²) >= 11 is 0. The third-order valence-electron chi connectivity index (χ3n) is 4.60. The standard InChI is InChI=1S/C18H25N3O5/c1-24-15-4-2-3-14(11-15)12-21-16(13-26-18(21)23)17(22)19-5-6-20-7-9-25-10-8-20/h2-4,11,16H,5-10,12-13H2,1H3,(H,19,22)/t16-/m0/s1. The quantitative estimate of drug-likeness (QED) is 0.758. The van der Waals surface area contributed by atoms with E-state index in [4.69, 9.17) is 14.2 Å². The van der Waals surface area contributed by atoms with Gasteiger partial charge in [-0.05, 0) is 17.7 Å². The summed E-state index contributed by atoms with van der Waals surface area (Å²) in [6, 6.07) is 6.81. The fourth-order valence-electron chi connectivity index (χ4n) is 3.09. The number of morpholine rings is 1. The first-order valence-corrected chi connectivity index (χ1v) is 8.81. The van der Waals surface area contributed by atoms with Crippen LogP contribution in [-0.2, 0) is 20.8 Å². The number of nitrogens with one attached hydrogen (secondary N) is 1. The van der Waals surface area contributed by atoms with Crippen molar-refractivity contribution < 1.29 is 23.8 Å². The van der Waals surface area contributed by atoms with Crippen molar-refractivity contribution in [3.05, 3.63) is 29.8 Å². The molecule has 0 spiro atoms. The molecule has 8 heteroatoms. The SMILES string of the molecule is COc1cccc(CN2C(=O)OC[C@H]2C(=O)NCCN2CCOCC2)c1. The zero-order chi connectivity index (χ0) is 18.4. The molecule has 0 aromatic heterocycles. The lowest BCUT2D eigenvalue weighted by molar-refractivity contribution is -0.125. The van der Waals surface area contributed by atoms with Crippen molar-refractivity contribution in [3.63, 3.8) is 0 Å². The Hall–Kier alpha value is -2.32. The minimum absolute atomic E-state index is 0.0756. The number of benzene rings is 1. The topological polar surface area (TPSA) is 80.3 Å². The molecule has 2 heterocycles. The number of rotatable bonds is 7. The van der Waals surface area contributed by atoms with Crippen LogP contribution in [0.3, 0.4) is 0 Å². The molecule has 2 fully saturated rings. The van der Waals surface area contributed by atoms with Crippen molar-refractivity contribution in [1.29, 1.82) is 0 Å². The smallest absolute Gasteiger partial charge is 0.410 e. The Kier molecular flexibility index (Phi) is 6.30. The molecule has 0 radical (unpaired) electrons. The van der Waals surface area contributed by atoms with Gasteiger partial charge < -0.3 is 19.5 Å². The summed E-state index contributed by atoms with van der Waals surface area (Å²) in [6.45, 7) is 4.90. The van der Waals surface area contributed by atoms with Crippen molar-refractivity contribution in [2.45, 2.75) is 12.6 Å². The lowest BCUT2D eigenvalue weighted by Crippen LogP contribution is -2.48. The molecule has 0 aliphatic carbocycles. The molecule has 1 aromatic carbocycles. The van der Waals surface area contributed by atoms with Crippen LogP contribution in [0.25, 0.3) is 0 Å². The summed E-state index contributed by atoms with van der Waals surface area (Å²) in [7, 11) is 1.59. The van der Waals surface area contributed by atoms with E-state index < -0.39 is 12.1 Å². The number of hydrogen-bond acceptors (Lipinski definition) is 6. The Labute approximate surface area is 153 Å². The van der Waals surface area contributed by atoms with Gasteiger partial charge in [-0.3, -0.25) is 14.6 Å². The Morgan fingerprint density at radius 2 is 2.15 bits per heavy atom. The first kappa shape index (κ1) is 18.5. The number of carbonyl (C=O) groups excluding carboxylic acids is 2. The summed E-state index contributed by atoms with van der Waals surface area (Å²) in [4.78, 5) is 28.2. The van der Waals surface area contributed by atoms with Crippen LogP contribution in [0.2, 0.25) is 0 Å². The van der Waals surface area contributed by atoms with E-state index in [9.17, 15) is 9.59 Å². The van der Waals surface area contributed by atoms with Crippen LogP contribution >= 0.6 is 0 Å². The second-order valence-electron chi connectivity index (χ2n) is 6.32. The van der Waals surface area contributed by atoms with E-state index in [-0.39, 0.29) is 12.5 Å². The largest absolute Gasteiger partial charge is 0.497 e. The monoisotopic (exact) mass is 363 g/mol. The van der Waals surface area contributed by atoms with E-state index in [2.05, 4.69) is 10.2 Å². The van der Waals surface area contributed by atoms with Gasteiger partial charge in [0, 0.05) is 26.2 Å². The number of ether oxygens (including phenoxy) is 3. The van der Waals surface area contributed by atoms with Gasteiger partial charge in [0.1, 0.15) is 18.4 Å². The fourth-order valence-corrected chi connectivity index (χ4v) is 3.09. The molecule has 1 N–H and O–H groups in total. The molecule has 26 heavy (non-hydrogen) atoms. The van der Waals surface area contributed by atoms with Crippen molar-refractivity contribution in [1.82, 2.24) is 15.1 Å². The van der Waals surface area contributed by atoms with Crippen molar-refractivity contribution in [3.8, 4) is 5.75 Å². The molecule has 1 aromatic rings. The zero-order valence-electron chi connectivity index (χ0n) is 15.0. The molecule has 0 unspecified atom stereocenters. The lowest BCUT2D eigenvalue weighted by Gasteiger charge is -2.27. The minimum Gasteiger partial charge on any atom is -0.497 e. The maximum atomic E-state index is 12.5. The Morgan fingerprint density at radius 3 is 2.92 bits per heavy atom. The van der Waals surface area contributed by atoms with E-state index in [0.717, 1.165) is 38.4 Å². The molecule has 142 valence electrons. The second-order valence-corrected chi connectivity index (χ2v) is 6.32. The highest BCUT2D eigenvalue weighted by atomic mass is 16.6. The summed E-state index contributed by atoms with van der Waals surface area (Å²) in [6.07, 6.45) is -0.471. The molecule has 3 rings (SSSR count). The highest BCUT2D eigenvalue weighted by Gasteiger charge is 2.37. The fraction of sp³-hybridized carbons (Fsp3) is 0.556. The Morgan fingerprint density at radius 1 is 1.35 bits per heavy atom. The van der Waals surface area contributed by atoms with E-state index in [1.807, 2.05) is 24.3 Å². The van der Waals surface area contributed by atoms with Gasteiger partial charge in [0.05, 0.1) is 26.9 Å². The van der Waals surface area contributed by atoms with Crippen LogP contribution in [0.4, 0.5) is 4.79 Å². The average molecular weight is 363 g/mol. The van der Waals surface area contributed by atoms with Gasteiger partial charge in [-0.25, -0.2) is 4.79 Å². The van der Waals surface area contributed by atoms with E-state index >= 15 is 0 Å². The van der Waals surface area contributed by atoms with Crippen LogP contribution in [0.15, 0.2) is 24.3 Å². The highest BCUT2D eigenvalue weighted by molar-refractivity contribution is 5.87. The third-order valence-corrected chi connectivity index (χ3v) is 4.60. The predicted octanol–water partition coefficient (Wildman–Crippen LogP) is 0.464. The molecule has 0 saturated carbocycles. The molecule has 2 aliphatic rings. The minimum atomic E-state index is -0.613. The molecular weight excluding hydrogens is 338 g/mol. The van der Waals surface area contributed by atoms with E-state index in [1.54, 1.807) is 7.11 Å². The molecule has 2 saturated heterocycles. The summed E-state index contributed by atoms with van der Waals surface area (Å²) in [5, 5.41) is 2.91. The summed E-state index contributed by atoms with van der Waals surface area (Å²) in [5.74, 6) is 0.522. The number of methoxy groups -OCH3 is 1. The van der Waals surface area contributed by atoms with Gasteiger partial charge in [-0.2, -0.15) is 0 Å². The van der Waals surface area contributed by atoms with Crippen LogP contribution in [0.1, 0.15) is 5.56 Å². The first-order chi connectivity index (χ1) is 12.7. The van der Waals surface area contributed by atoms with E-state index in [1.165, 1.54) is 4.90 Å². The summed E-state index contributed by atoms with van der Waals surface area (Å²) in [5.41, 5.74) is 0.884. The average Bonchev–Trinajstić information content (AvgIpc) is 3.03. The van der Waals surface area contributed by atoms with Gasteiger partial charge >= 0.3 is 6.09 Å². The van der Waals surface area contributed by atoms with Gasteiger partial charge in [0.2, 0.25) is 5.91 Å². The molecule has 2 amide bonds. The second kappa shape index (κ2) is 8.86. The van der Waals surface area contributed by atoms with Gasteiger partial charge in [0.25, 0.3) is 0 Å². The summed E-state index contributed by atoms with van der Waals surface area (Å²) < 4.78 is 15.6. The van der Waals surface area contributed by atoms with Crippen molar-refractivity contribution in [2.75, 3.05) is 53.1 Å². The van der Waals surface area contributed by atoms with Crippen molar-refractivity contribution in [2.24, 2.45) is 0 Å². The maximum Gasteiger partial charge on any atom is 0.410 e. The van der Waals surface area contributed by atoms with Gasteiger partial charge in [0.15, 0.2) is 0 Å². The maximum absolute atomic E-state index is 12.5. The zero-order valence-corrected chi connectivity index (χ0v) is 15.0. The number of carbonyl (C=O) groups is 2. The van der Waals surface area contributed by atoms with Crippen LogP contribution in [0.5, 0.6) is 5.75 Å².